The Morgan fingerprint density at radius 1 is 0.861 bits per heavy atom. The summed E-state index contributed by atoms with van der Waals surface area (Å²) in [5, 5.41) is 9.62. The molecule has 4 nitrogen and oxygen atoms in total. The van der Waals surface area contributed by atoms with Gasteiger partial charge in [0.1, 0.15) is 6.10 Å². The van der Waals surface area contributed by atoms with E-state index < -0.39 is 5.79 Å². The maximum absolute atomic E-state index is 6.28. The number of benzene rings is 4. The molecule has 1 unspecified atom stereocenters. The van der Waals surface area contributed by atoms with E-state index in [1.165, 1.54) is 21.5 Å². The van der Waals surface area contributed by atoms with Gasteiger partial charge in [0.15, 0.2) is 0 Å². The lowest BCUT2D eigenvalue weighted by Crippen LogP contribution is -2.49. The SMILES string of the molecule is C=C(c1ccc2ccc3ccccc3c2c1)C1COC2(CCC(Nc3cc(Cl)cc(Cl)c3)CC2)OO1. The first-order chi connectivity index (χ1) is 17.5. The molecule has 0 radical (unpaired) electrons. The van der Waals surface area contributed by atoms with Crippen molar-refractivity contribution in [3.05, 3.63) is 95.0 Å². The van der Waals surface area contributed by atoms with Crippen LogP contribution in [0.5, 0.6) is 0 Å². The van der Waals surface area contributed by atoms with Crippen molar-refractivity contribution in [1.29, 1.82) is 0 Å². The number of halogens is 2. The second kappa shape index (κ2) is 9.70. The number of hydrogen-bond acceptors (Lipinski definition) is 4. The van der Waals surface area contributed by atoms with Gasteiger partial charge in [0, 0.05) is 34.6 Å². The Hall–Kier alpha value is -2.60. The maximum atomic E-state index is 6.28. The van der Waals surface area contributed by atoms with E-state index in [4.69, 9.17) is 37.7 Å². The van der Waals surface area contributed by atoms with Gasteiger partial charge in [-0.2, -0.15) is 0 Å². The number of ether oxygens (including phenoxy) is 1. The van der Waals surface area contributed by atoms with Crippen LogP contribution < -0.4 is 5.32 Å². The topological polar surface area (TPSA) is 39.7 Å². The van der Waals surface area contributed by atoms with E-state index >= 15 is 0 Å². The van der Waals surface area contributed by atoms with Gasteiger partial charge in [0.25, 0.3) is 0 Å². The zero-order valence-electron chi connectivity index (χ0n) is 19.8. The van der Waals surface area contributed by atoms with Crippen molar-refractivity contribution < 1.29 is 14.5 Å². The van der Waals surface area contributed by atoms with Gasteiger partial charge >= 0.3 is 0 Å². The highest BCUT2D eigenvalue weighted by atomic mass is 35.5. The molecule has 4 aromatic rings. The van der Waals surface area contributed by atoms with Gasteiger partial charge in [-0.1, -0.05) is 78.3 Å². The summed E-state index contributed by atoms with van der Waals surface area (Å²) >= 11 is 12.3. The fraction of sp³-hybridized carbons (Fsp3) is 0.267. The van der Waals surface area contributed by atoms with Crippen LogP contribution in [0, 0.1) is 0 Å². The fourth-order valence-corrected chi connectivity index (χ4v) is 5.80. The van der Waals surface area contributed by atoms with E-state index in [9.17, 15) is 0 Å². The van der Waals surface area contributed by atoms with Gasteiger partial charge in [0.05, 0.1) is 6.61 Å². The van der Waals surface area contributed by atoms with Crippen LogP contribution in [0.25, 0.3) is 27.1 Å². The third kappa shape index (κ3) is 4.72. The standard InChI is InChI=1S/C30H27Cl2NO3/c1-19(22-9-8-21-7-6-20-4-2-3-5-27(20)28(21)14-22)29-18-34-30(36-35-29)12-10-25(11-13-30)33-26-16-23(31)15-24(32)17-26/h2-9,14-17,25,29,33H,1,10-13,18H2. The van der Waals surface area contributed by atoms with Crippen molar-refractivity contribution in [2.45, 2.75) is 43.6 Å². The number of nitrogens with one attached hydrogen (secondary N) is 1. The molecule has 0 amide bonds. The molecule has 1 saturated heterocycles. The zero-order valence-corrected chi connectivity index (χ0v) is 21.3. The molecule has 1 heterocycles. The minimum atomic E-state index is -0.708. The average Bonchev–Trinajstić information content (AvgIpc) is 2.89. The molecule has 36 heavy (non-hydrogen) atoms. The van der Waals surface area contributed by atoms with E-state index in [1.54, 1.807) is 6.07 Å². The van der Waals surface area contributed by atoms with Gasteiger partial charge in [-0.15, -0.1) is 0 Å². The highest BCUT2D eigenvalue weighted by Gasteiger charge is 2.43. The lowest BCUT2D eigenvalue weighted by molar-refractivity contribution is -0.483. The number of rotatable bonds is 4. The lowest BCUT2D eigenvalue weighted by atomic mass is 9.89. The average molecular weight is 520 g/mol. The molecule has 184 valence electrons. The summed E-state index contributed by atoms with van der Waals surface area (Å²) in [4.78, 5) is 11.8. The molecule has 2 aliphatic rings. The molecule has 1 atom stereocenters. The van der Waals surface area contributed by atoms with Crippen LogP contribution in [0.3, 0.4) is 0 Å². The summed E-state index contributed by atoms with van der Waals surface area (Å²) < 4.78 is 6.28. The molecule has 1 spiro atoms. The first kappa shape index (κ1) is 23.8. The first-order valence-corrected chi connectivity index (χ1v) is 13.1. The molecule has 6 rings (SSSR count). The zero-order chi connectivity index (χ0) is 24.7. The molecule has 6 heteroatoms. The fourth-order valence-electron chi connectivity index (χ4n) is 5.27. The summed E-state index contributed by atoms with van der Waals surface area (Å²) in [6, 6.07) is 25.0. The minimum Gasteiger partial charge on any atom is -0.382 e. The maximum Gasteiger partial charge on any atom is 0.201 e. The van der Waals surface area contributed by atoms with Crippen LogP contribution in [0.4, 0.5) is 5.69 Å². The van der Waals surface area contributed by atoms with Crippen LogP contribution in [0.1, 0.15) is 31.2 Å². The molecule has 0 bridgehead atoms. The normalized spacial score (nSPS) is 24.3. The van der Waals surface area contributed by atoms with Crippen LogP contribution in [0.15, 0.2) is 79.4 Å². The van der Waals surface area contributed by atoms with E-state index in [1.807, 2.05) is 12.1 Å². The quantitative estimate of drug-likeness (QED) is 0.217. The molecule has 2 fully saturated rings. The third-order valence-corrected chi connectivity index (χ3v) is 7.74. The first-order valence-electron chi connectivity index (χ1n) is 12.3. The van der Waals surface area contributed by atoms with Crippen molar-refractivity contribution in [3.8, 4) is 0 Å². The summed E-state index contributed by atoms with van der Waals surface area (Å²) in [7, 11) is 0. The Kier molecular flexibility index (Phi) is 6.40. The van der Waals surface area contributed by atoms with Crippen molar-refractivity contribution in [3.63, 3.8) is 0 Å². The predicted octanol–water partition coefficient (Wildman–Crippen LogP) is 8.41. The summed E-state index contributed by atoms with van der Waals surface area (Å²) in [6.45, 7) is 4.74. The summed E-state index contributed by atoms with van der Waals surface area (Å²) in [5.41, 5.74) is 2.81. The van der Waals surface area contributed by atoms with Crippen LogP contribution in [0.2, 0.25) is 10.0 Å². The minimum absolute atomic E-state index is 0.289. The third-order valence-electron chi connectivity index (χ3n) is 7.30. The Morgan fingerprint density at radius 2 is 1.56 bits per heavy atom. The molecular formula is C30H27Cl2NO3. The second-order valence-electron chi connectivity index (χ2n) is 9.71. The molecule has 1 aliphatic heterocycles. The van der Waals surface area contributed by atoms with Crippen LogP contribution in [-0.4, -0.2) is 24.5 Å². The monoisotopic (exact) mass is 519 g/mol. The largest absolute Gasteiger partial charge is 0.382 e. The Balaban J connectivity index is 1.10. The van der Waals surface area contributed by atoms with Crippen molar-refractivity contribution >= 4 is 56.0 Å². The second-order valence-corrected chi connectivity index (χ2v) is 10.6. The summed E-state index contributed by atoms with van der Waals surface area (Å²) in [5.74, 6) is -0.708. The van der Waals surface area contributed by atoms with Crippen LogP contribution >= 0.6 is 23.2 Å². The molecule has 4 aromatic carbocycles. The van der Waals surface area contributed by atoms with Gasteiger partial charge < -0.3 is 10.1 Å². The van der Waals surface area contributed by atoms with Gasteiger partial charge in [-0.05, 0) is 69.8 Å². The Bertz CT molecular complexity index is 1410. The van der Waals surface area contributed by atoms with Crippen LogP contribution in [-0.2, 0) is 14.5 Å². The molecule has 1 saturated carbocycles. The summed E-state index contributed by atoms with van der Waals surface area (Å²) in [6.07, 6.45) is 2.89. The predicted molar refractivity (Wildman–Crippen MR) is 147 cm³/mol. The highest BCUT2D eigenvalue weighted by Crippen LogP contribution is 2.39. The molecule has 1 aliphatic carbocycles. The lowest BCUT2D eigenvalue weighted by Gasteiger charge is -2.43. The number of hydrogen-bond donors (Lipinski definition) is 1. The van der Waals surface area contributed by atoms with Gasteiger partial charge in [0.2, 0.25) is 5.79 Å². The Labute approximate surface area is 220 Å². The van der Waals surface area contributed by atoms with E-state index in [2.05, 4.69) is 66.5 Å². The number of anilines is 1. The Morgan fingerprint density at radius 3 is 2.28 bits per heavy atom. The highest BCUT2D eigenvalue weighted by molar-refractivity contribution is 6.35. The van der Waals surface area contributed by atoms with E-state index in [0.717, 1.165) is 42.5 Å². The van der Waals surface area contributed by atoms with E-state index in [0.29, 0.717) is 16.7 Å². The number of fused-ring (bicyclic) bond motifs is 3. The molecule has 0 aromatic heterocycles. The van der Waals surface area contributed by atoms with Crippen molar-refractivity contribution in [2.24, 2.45) is 0 Å². The van der Waals surface area contributed by atoms with Crippen molar-refractivity contribution in [1.82, 2.24) is 0 Å². The van der Waals surface area contributed by atoms with Gasteiger partial charge in [-0.25, -0.2) is 9.78 Å². The molecular weight excluding hydrogens is 493 g/mol. The molecule has 1 N–H and O–H groups in total. The van der Waals surface area contributed by atoms with Crippen molar-refractivity contribution in [2.75, 3.05) is 11.9 Å². The smallest absolute Gasteiger partial charge is 0.201 e. The van der Waals surface area contributed by atoms with E-state index in [-0.39, 0.29) is 12.1 Å². The van der Waals surface area contributed by atoms with Gasteiger partial charge in [-0.3, -0.25) is 0 Å².